The molecule has 1 fully saturated rings. The van der Waals surface area contributed by atoms with Crippen LogP contribution in [0.2, 0.25) is 0 Å². The first-order chi connectivity index (χ1) is 9.60. The topological polar surface area (TPSA) is 70.2 Å². The number of likely N-dealkylation sites (N-methyl/N-ethyl adjacent to an activating group) is 1. The molecule has 1 aliphatic rings. The van der Waals surface area contributed by atoms with E-state index in [0.29, 0.717) is 6.42 Å². The van der Waals surface area contributed by atoms with Crippen molar-refractivity contribution in [3.63, 3.8) is 0 Å². The summed E-state index contributed by atoms with van der Waals surface area (Å²) >= 11 is 0. The van der Waals surface area contributed by atoms with Crippen molar-refractivity contribution >= 4 is 17.5 Å². The quantitative estimate of drug-likeness (QED) is 0.765. The standard InChI is InChI=1S/C15H21N3O2/c1-10-13(7-8-17-10)15(20)18-12-5-3-11(4-6-12)9-14(19)16-2/h3-6,10,13,17H,7-9H2,1-2H3,(H,16,19)(H,18,20). The summed E-state index contributed by atoms with van der Waals surface area (Å²) in [7, 11) is 1.62. The first-order valence-electron chi connectivity index (χ1n) is 6.94. The Kier molecular flexibility index (Phi) is 4.74. The second-order valence-electron chi connectivity index (χ2n) is 5.17. The molecule has 1 saturated heterocycles. The van der Waals surface area contributed by atoms with E-state index < -0.39 is 0 Å². The lowest BCUT2D eigenvalue weighted by Crippen LogP contribution is -2.32. The number of anilines is 1. The number of hydrogen-bond donors (Lipinski definition) is 3. The molecule has 5 heteroatoms. The molecule has 2 atom stereocenters. The number of carbonyl (C=O) groups is 2. The van der Waals surface area contributed by atoms with Crippen LogP contribution in [0.15, 0.2) is 24.3 Å². The van der Waals surface area contributed by atoms with E-state index in [0.717, 1.165) is 24.2 Å². The molecule has 108 valence electrons. The summed E-state index contributed by atoms with van der Waals surface area (Å²) in [5.74, 6) is 0.0646. The molecule has 3 N–H and O–H groups in total. The van der Waals surface area contributed by atoms with Gasteiger partial charge in [0, 0.05) is 18.8 Å². The summed E-state index contributed by atoms with van der Waals surface area (Å²) in [6.45, 7) is 2.92. The largest absolute Gasteiger partial charge is 0.359 e. The number of rotatable bonds is 4. The first kappa shape index (κ1) is 14.5. The van der Waals surface area contributed by atoms with Crippen molar-refractivity contribution in [2.45, 2.75) is 25.8 Å². The van der Waals surface area contributed by atoms with Crippen molar-refractivity contribution in [1.29, 1.82) is 0 Å². The Balaban J connectivity index is 1.93. The normalized spacial score (nSPS) is 21.5. The lowest BCUT2D eigenvalue weighted by atomic mass is 10.0. The lowest BCUT2D eigenvalue weighted by Gasteiger charge is -2.15. The van der Waals surface area contributed by atoms with Crippen molar-refractivity contribution in [2.75, 3.05) is 18.9 Å². The van der Waals surface area contributed by atoms with Gasteiger partial charge in [0.05, 0.1) is 12.3 Å². The molecule has 20 heavy (non-hydrogen) atoms. The van der Waals surface area contributed by atoms with E-state index in [-0.39, 0.29) is 23.8 Å². The smallest absolute Gasteiger partial charge is 0.229 e. The second-order valence-corrected chi connectivity index (χ2v) is 5.17. The summed E-state index contributed by atoms with van der Waals surface area (Å²) in [5, 5.41) is 8.78. The van der Waals surface area contributed by atoms with E-state index in [1.165, 1.54) is 0 Å². The summed E-state index contributed by atoms with van der Waals surface area (Å²) in [5.41, 5.74) is 1.70. The van der Waals surface area contributed by atoms with Gasteiger partial charge in [0.15, 0.2) is 0 Å². The van der Waals surface area contributed by atoms with Gasteiger partial charge in [0.25, 0.3) is 0 Å². The van der Waals surface area contributed by atoms with E-state index in [1.54, 1.807) is 7.05 Å². The highest BCUT2D eigenvalue weighted by atomic mass is 16.2. The number of hydrogen-bond acceptors (Lipinski definition) is 3. The summed E-state index contributed by atoms with van der Waals surface area (Å²) < 4.78 is 0. The molecule has 1 heterocycles. The van der Waals surface area contributed by atoms with Crippen molar-refractivity contribution in [2.24, 2.45) is 5.92 Å². The van der Waals surface area contributed by atoms with Crippen molar-refractivity contribution in [1.82, 2.24) is 10.6 Å². The van der Waals surface area contributed by atoms with Gasteiger partial charge >= 0.3 is 0 Å². The summed E-state index contributed by atoms with van der Waals surface area (Å²) in [4.78, 5) is 23.4. The Morgan fingerprint density at radius 2 is 2.00 bits per heavy atom. The van der Waals surface area contributed by atoms with E-state index in [4.69, 9.17) is 0 Å². The number of benzene rings is 1. The van der Waals surface area contributed by atoms with Crippen molar-refractivity contribution in [3.05, 3.63) is 29.8 Å². The fourth-order valence-electron chi connectivity index (χ4n) is 2.43. The molecule has 2 unspecified atom stereocenters. The van der Waals surface area contributed by atoms with E-state index in [2.05, 4.69) is 16.0 Å². The number of carbonyl (C=O) groups excluding carboxylic acids is 2. The molecule has 2 amide bonds. The van der Waals surface area contributed by atoms with Crippen LogP contribution in [-0.2, 0) is 16.0 Å². The Morgan fingerprint density at radius 3 is 2.55 bits per heavy atom. The van der Waals surface area contributed by atoms with Crippen LogP contribution in [0.3, 0.4) is 0 Å². The fourth-order valence-corrected chi connectivity index (χ4v) is 2.43. The fraction of sp³-hybridized carbons (Fsp3) is 0.467. The summed E-state index contributed by atoms with van der Waals surface area (Å²) in [6.07, 6.45) is 1.23. The van der Waals surface area contributed by atoms with Crippen molar-refractivity contribution < 1.29 is 9.59 Å². The van der Waals surface area contributed by atoms with Crippen LogP contribution in [0.4, 0.5) is 5.69 Å². The predicted octanol–water partition coefficient (Wildman–Crippen LogP) is 0.912. The molecular weight excluding hydrogens is 254 g/mol. The van der Waals surface area contributed by atoms with Gasteiger partial charge in [-0.1, -0.05) is 12.1 Å². The SMILES string of the molecule is CNC(=O)Cc1ccc(NC(=O)C2CCNC2C)cc1. The molecular formula is C15H21N3O2. The van der Waals surface area contributed by atoms with Crippen LogP contribution in [-0.4, -0.2) is 31.4 Å². The van der Waals surface area contributed by atoms with Gasteiger partial charge in [-0.3, -0.25) is 9.59 Å². The van der Waals surface area contributed by atoms with Gasteiger partial charge in [-0.15, -0.1) is 0 Å². The highest BCUT2D eigenvalue weighted by Gasteiger charge is 2.29. The molecule has 0 bridgehead atoms. The highest BCUT2D eigenvalue weighted by molar-refractivity contribution is 5.93. The van der Waals surface area contributed by atoms with E-state index in [9.17, 15) is 9.59 Å². The van der Waals surface area contributed by atoms with Crippen molar-refractivity contribution in [3.8, 4) is 0 Å². The molecule has 1 aromatic rings. The lowest BCUT2D eigenvalue weighted by molar-refractivity contribution is -0.120. The van der Waals surface area contributed by atoms with E-state index >= 15 is 0 Å². The van der Waals surface area contributed by atoms with Crippen LogP contribution in [0.5, 0.6) is 0 Å². The maximum atomic E-state index is 12.1. The van der Waals surface area contributed by atoms with Gasteiger partial charge in [-0.2, -0.15) is 0 Å². The van der Waals surface area contributed by atoms with Crippen LogP contribution in [0, 0.1) is 5.92 Å². The number of nitrogens with one attached hydrogen (secondary N) is 3. The Bertz CT molecular complexity index is 484. The zero-order chi connectivity index (χ0) is 14.5. The molecule has 0 saturated carbocycles. The number of amides is 2. The zero-order valence-electron chi connectivity index (χ0n) is 11.9. The molecule has 5 nitrogen and oxygen atoms in total. The molecule has 0 aliphatic carbocycles. The average Bonchev–Trinajstić information content (AvgIpc) is 2.87. The molecule has 0 aromatic heterocycles. The average molecular weight is 275 g/mol. The van der Waals surface area contributed by atoms with Gasteiger partial charge in [0.1, 0.15) is 0 Å². The minimum Gasteiger partial charge on any atom is -0.359 e. The molecule has 1 aromatic carbocycles. The Morgan fingerprint density at radius 1 is 1.30 bits per heavy atom. The van der Waals surface area contributed by atoms with Crippen LogP contribution >= 0.6 is 0 Å². The third kappa shape index (κ3) is 3.57. The minimum atomic E-state index is -0.0207. The summed E-state index contributed by atoms with van der Waals surface area (Å²) in [6, 6.07) is 7.62. The first-order valence-corrected chi connectivity index (χ1v) is 6.94. The van der Waals surface area contributed by atoms with Gasteiger partial charge in [0.2, 0.25) is 11.8 Å². The molecule has 1 aliphatic heterocycles. The Hall–Kier alpha value is -1.88. The van der Waals surface area contributed by atoms with Crippen LogP contribution < -0.4 is 16.0 Å². The van der Waals surface area contributed by atoms with Crippen LogP contribution in [0.1, 0.15) is 18.9 Å². The zero-order valence-corrected chi connectivity index (χ0v) is 11.9. The van der Waals surface area contributed by atoms with Crippen LogP contribution in [0.25, 0.3) is 0 Å². The maximum Gasteiger partial charge on any atom is 0.229 e. The Labute approximate surface area is 119 Å². The highest BCUT2D eigenvalue weighted by Crippen LogP contribution is 2.18. The van der Waals surface area contributed by atoms with Gasteiger partial charge < -0.3 is 16.0 Å². The third-order valence-electron chi connectivity index (χ3n) is 3.73. The van der Waals surface area contributed by atoms with E-state index in [1.807, 2.05) is 31.2 Å². The molecule has 0 radical (unpaired) electrons. The minimum absolute atomic E-state index is 0.0207. The molecule has 2 rings (SSSR count). The second kappa shape index (κ2) is 6.52. The van der Waals surface area contributed by atoms with Gasteiger partial charge in [-0.05, 0) is 37.6 Å². The van der Waals surface area contributed by atoms with Gasteiger partial charge in [-0.25, -0.2) is 0 Å². The predicted molar refractivity (Wildman–Crippen MR) is 78.4 cm³/mol. The third-order valence-corrected chi connectivity index (χ3v) is 3.73. The monoisotopic (exact) mass is 275 g/mol. The molecule has 0 spiro atoms. The maximum absolute atomic E-state index is 12.1.